The molecule has 15 heavy (non-hydrogen) atoms. The molecule has 76 valence electrons. The predicted molar refractivity (Wildman–Crippen MR) is 55.0 cm³/mol. The number of hydrogen-bond acceptors (Lipinski definition) is 2. The van der Waals surface area contributed by atoms with Crippen molar-refractivity contribution in [2.75, 3.05) is 0 Å². The second-order valence-electron chi connectivity index (χ2n) is 3.25. The summed E-state index contributed by atoms with van der Waals surface area (Å²) in [5, 5.41) is 5.95. The van der Waals surface area contributed by atoms with E-state index >= 15 is 0 Å². The monoisotopic (exact) mass is 204 g/mol. The molecule has 2 aromatic rings. The van der Waals surface area contributed by atoms with Crippen molar-refractivity contribution >= 4 is 0 Å². The Morgan fingerprint density at radius 1 is 1.40 bits per heavy atom. The van der Waals surface area contributed by atoms with Gasteiger partial charge in [-0.05, 0) is 24.1 Å². The maximum absolute atomic E-state index is 13.3. The fourth-order valence-corrected chi connectivity index (χ4v) is 1.44. The van der Waals surface area contributed by atoms with E-state index in [4.69, 9.17) is 0 Å². The van der Waals surface area contributed by atoms with Crippen LogP contribution in [0.3, 0.4) is 0 Å². The second-order valence-corrected chi connectivity index (χ2v) is 3.25. The Kier molecular flexibility index (Phi) is 2.33. The SMILES string of the molecule is Cc1c(F)cccc1-c1cn[nH]c(=O)c1. The van der Waals surface area contributed by atoms with Gasteiger partial charge in [0.05, 0.1) is 6.20 Å². The molecule has 1 heterocycles. The summed E-state index contributed by atoms with van der Waals surface area (Å²) in [5.41, 5.74) is 1.53. The van der Waals surface area contributed by atoms with Crippen LogP contribution in [0.1, 0.15) is 5.56 Å². The molecule has 0 aliphatic heterocycles. The van der Waals surface area contributed by atoms with Crippen molar-refractivity contribution in [1.82, 2.24) is 10.2 Å². The first kappa shape index (κ1) is 9.58. The molecule has 3 nitrogen and oxygen atoms in total. The zero-order valence-electron chi connectivity index (χ0n) is 8.12. The van der Waals surface area contributed by atoms with Crippen molar-refractivity contribution in [2.24, 2.45) is 0 Å². The van der Waals surface area contributed by atoms with Crippen LogP contribution in [0.2, 0.25) is 0 Å². The molecular weight excluding hydrogens is 195 g/mol. The van der Waals surface area contributed by atoms with Crippen LogP contribution in [0.15, 0.2) is 35.3 Å². The van der Waals surface area contributed by atoms with Gasteiger partial charge in [-0.15, -0.1) is 0 Å². The zero-order valence-corrected chi connectivity index (χ0v) is 8.12. The Hall–Kier alpha value is -1.97. The largest absolute Gasteiger partial charge is 0.268 e. The topological polar surface area (TPSA) is 45.8 Å². The lowest BCUT2D eigenvalue weighted by Crippen LogP contribution is -2.06. The molecule has 0 amide bonds. The molecule has 1 aromatic carbocycles. The van der Waals surface area contributed by atoms with Crippen molar-refractivity contribution in [3.8, 4) is 11.1 Å². The van der Waals surface area contributed by atoms with Crippen LogP contribution >= 0.6 is 0 Å². The quantitative estimate of drug-likeness (QED) is 0.770. The van der Waals surface area contributed by atoms with Crippen LogP contribution in [0, 0.1) is 12.7 Å². The summed E-state index contributed by atoms with van der Waals surface area (Å²) in [6.07, 6.45) is 1.50. The third kappa shape index (κ3) is 1.79. The Morgan fingerprint density at radius 3 is 2.93 bits per heavy atom. The molecule has 0 bridgehead atoms. The van der Waals surface area contributed by atoms with Crippen LogP contribution in [0.5, 0.6) is 0 Å². The van der Waals surface area contributed by atoms with Gasteiger partial charge >= 0.3 is 0 Å². The molecule has 0 spiro atoms. The van der Waals surface area contributed by atoms with E-state index in [1.165, 1.54) is 18.3 Å². The first-order valence-electron chi connectivity index (χ1n) is 4.48. The minimum atomic E-state index is -0.295. The van der Waals surface area contributed by atoms with Gasteiger partial charge in [-0.2, -0.15) is 5.10 Å². The number of nitrogens with one attached hydrogen (secondary N) is 1. The Bertz CT molecular complexity index is 548. The highest BCUT2D eigenvalue weighted by atomic mass is 19.1. The van der Waals surface area contributed by atoms with Crippen LogP contribution in [-0.2, 0) is 0 Å². The number of nitrogens with zero attached hydrogens (tertiary/aromatic N) is 1. The summed E-state index contributed by atoms with van der Waals surface area (Å²) in [5.74, 6) is -0.284. The summed E-state index contributed by atoms with van der Waals surface area (Å²) in [4.78, 5) is 11.0. The van der Waals surface area contributed by atoms with Gasteiger partial charge in [-0.25, -0.2) is 9.49 Å². The number of rotatable bonds is 1. The Labute approximate surface area is 85.6 Å². The summed E-state index contributed by atoms with van der Waals surface area (Å²) < 4.78 is 13.3. The highest BCUT2D eigenvalue weighted by molar-refractivity contribution is 5.65. The number of aromatic nitrogens is 2. The molecule has 0 radical (unpaired) electrons. The van der Waals surface area contributed by atoms with Crippen molar-refractivity contribution in [3.05, 3.63) is 52.2 Å². The molecule has 2 rings (SSSR count). The van der Waals surface area contributed by atoms with Crippen LogP contribution in [-0.4, -0.2) is 10.2 Å². The van der Waals surface area contributed by atoms with Crippen LogP contribution < -0.4 is 5.56 Å². The van der Waals surface area contributed by atoms with Gasteiger partial charge in [0.15, 0.2) is 0 Å². The fraction of sp³-hybridized carbons (Fsp3) is 0.0909. The van der Waals surface area contributed by atoms with Gasteiger partial charge in [0.2, 0.25) is 0 Å². The average molecular weight is 204 g/mol. The molecule has 4 heteroatoms. The van der Waals surface area contributed by atoms with E-state index in [1.807, 2.05) is 0 Å². The van der Waals surface area contributed by atoms with E-state index < -0.39 is 0 Å². The van der Waals surface area contributed by atoms with E-state index in [0.717, 1.165) is 0 Å². The standard InChI is InChI=1S/C11H9FN2O/c1-7-9(3-2-4-10(7)12)8-5-11(15)14-13-6-8/h2-6H,1H3,(H,14,15). The van der Waals surface area contributed by atoms with E-state index in [1.54, 1.807) is 19.1 Å². The molecule has 1 N–H and O–H groups in total. The molecule has 0 fully saturated rings. The first-order chi connectivity index (χ1) is 7.18. The number of H-pyrrole nitrogens is 1. The van der Waals surface area contributed by atoms with Crippen molar-refractivity contribution in [2.45, 2.75) is 6.92 Å². The van der Waals surface area contributed by atoms with E-state index in [0.29, 0.717) is 16.7 Å². The summed E-state index contributed by atoms with van der Waals surface area (Å²) in [6.45, 7) is 1.67. The van der Waals surface area contributed by atoms with Gasteiger partial charge in [-0.1, -0.05) is 12.1 Å². The highest BCUT2D eigenvalue weighted by Gasteiger charge is 2.06. The maximum atomic E-state index is 13.3. The third-order valence-corrected chi connectivity index (χ3v) is 2.24. The predicted octanol–water partition coefficient (Wildman–Crippen LogP) is 1.88. The molecule has 0 saturated heterocycles. The van der Waals surface area contributed by atoms with Crippen molar-refractivity contribution < 1.29 is 4.39 Å². The normalized spacial score (nSPS) is 10.3. The summed E-state index contributed by atoms with van der Waals surface area (Å²) >= 11 is 0. The number of aromatic amines is 1. The molecule has 1 aromatic heterocycles. The minimum Gasteiger partial charge on any atom is -0.268 e. The zero-order chi connectivity index (χ0) is 10.8. The summed E-state index contributed by atoms with van der Waals surface area (Å²) in [6, 6.07) is 6.15. The fourth-order valence-electron chi connectivity index (χ4n) is 1.44. The second kappa shape index (κ2) is 3.65. The summed E-state index contributed by atoms with van der Waals surface area (Å²) in [7, 11) is 0. The molecule has 0 aliphatic rings. The van der Waals surface area contributed by atoms with Crippen molar-refractivity contribution in [3.63, 3.8) is 0 Å². The molecule has 0 atom stereocenters. The van der Waals surface area contributed by atoms with E-state index in [2.05, 4.69) is 10.2 Å². The Balaban J connectivity index is 2.64. The molecule has 0 aliphatic carbocycles. The van der Waals surface area contributed by atoms with Crippen LogP contribution in [0.4, 0.5) is 4.39 Å². The number of hydrogen-bond donors (Lipinski definition) is 1. The number of benzene rings is 1. The van der Waals surface area contributed by atoms with Gasteiger partial charge in [0.25, 0.3) is 5.56 Å². The van der Waals surface area contributed by atoms with E-state index in [9.17, 15) is 9.18 Å². The molecular formula is C11H9FN2O. The lowest BCUT2D eigenvalue weighted by Gasteiger charge is -2.05. The van der Waals surface area contributed by atoms with Gasteiger partial charge in [-0.3, -0.25) is 4.79 Å². The third-order valence-electron chi connectivity index (χ3n) is 2.24. The lowest BCUT2D eigenvalue weighted by molar-refractivity contribution is 0.619. The Morgan fingerprint density at radius 2 is 2.20 bits per heavy atom. The highest BCUT2D eigenvalue weighted by Crippen LogP contribution is 2.22. The lowest BCUT2D eigenvalue weighted by atomic mass is 10.0. The van der Waals surface area contributed by atoms with Crippen molar-refractivity contribution in [1.29, 1.82) is 0 Å². The van der Waals surface area contributed by atoms with E-state index in [-0.39, 0.29) is 11.4 Å². The van der Waals surface area contributed by atoms with Crippen LogP contribution in [0.25, 0.3) is 11.1 Å². The van der Waals surface area contributed by atoms with Gasteiger partial charge < -0.3 is 0 Å². The minimum absolute atomic E-state index is 0.284. The number of halogens is 1. The molecule has 0 saturated carbocycles. The average Bonchev–Trinajstić information content (AvgIpc) is 2.22. The maximum Gasteiger partial charge on any atom is 0.264 e. The van der Waals surface area contributed by atoms with Gasteiger partial charge in [0, 0.05) is 11.6 Å². The first-order valence-corrected chi connectivity index (χ1v) is 4.48. The smallest absolute Gasteiger partial charge is 0.264 e. The van der Waals surface area contributed by atoms with Gasteiger partial charge in [0.1, 0.15) is 5.82 Å². The molecule has 0 unspecified atom stereocenters.